The monoisotopic (exact) mass is 443 g/mol. The van der Waals surface area contributed by atoms with Gasteiger partial charge in [-0.3, -0.25) is 9.35 Å². The first kappa shape index (κ1) is 20.0. The Morgan fingerprint density at radius 1 is 1.19 bits per heavy atom. The lowest BCUT2D eigenvalue weighted by Gasteiger charge is -2.32. The Hall–Kier alpha value is -0.760. The predicted molar refractivity (Wildman–Crippen MR) is 104 cm³/mol. The second-order valence-electron chi connectivity index (χ2n) is 8.58. The molecule has 3 aliphatic rings. The molecule has 3 unspecified atom stereocenters. The Morgan fingerprint density at radius 2 is 1.81 bits per heavy atom. The number of benzene rings is 1. The van der Waals surface area contributed by atoms with Crippen LogP contribution in [0.15, 0.2) is 22.7 Å². The van der Waals surface area contributed by atoms with Crippen LogP contribution in [-0.4, -0.2) is 30.0 Å². The molecular formula is C19H26BrNO4S. The smallest absolute Gasteiger partial charge is 0.275 e. The van der Waals surface area contributed by atoms with Crippen molar-refractivity contribution in [2.45, 2.75) is 57.7 Å². The van der Waals surface area contributed by atoms with Crippen LogP contribution in [-0.2, 0) is 27.8 Å². The second kappa shape index (κ2) is 6.40. The average Bonchev–Trinajstić information content (AvgIpc) is 3.02. The van der Waals surface area contributed by atoms with Crippen LogP contribution in [0, 0.1) is 16.7 Å². The minimum Gasteiger partial charge on any atom is -0.327 e. The fourth-order valence-corrected chi connectivity index (χ4v) is 6.80. The molecule has 4 rings (SSSR count). The molecule has 144 valence electrons. The fourth-order valence-electron chi connectivity index (χ4n) is 4.97. The van der Waals surface area contributed by atoms with Gasteiger partial charge in [-0.05, 0) is 60.3 Å². The van der Waals surface area contributed by atoms with Crippen LogP contribution in [0.3, 0.4) is 0 Å². The highest BCUT2D eigenvalue weighted by molar-refractivity contribution is 9.10. The van der Waals surface area contributed by atoms with Gasteiger partial charge in [-0.2, -0.15) is 8.42 Å². The summed E-state index contributed by atoms with van der Waals surface area (Å²) in [4.78, 5) is 12.0. The number of hydrogen-bond acceptors (Lipinski definition) is 4. The lowest BCUT2D eigenvalue weighted by Crippen LogP contribution is -2.38. The standard InChI is InChI=1S/C10H16O4S.C9H10BrN/c1-9(2)6-4-5-10(9,3)8(11)7(6)15(12,13)14;10-8-2-1-6-4-9(11)5-7(6)3-8/h6-7H,4-5H2,1-3H3,(H,12,13,14);1-3,9H,4-5,11H2/t;9-/m.0/s1. The normalized spacial score (nSPS) is 34.4. The molecule has 3 aliphatic carbocycles. The van der Waals surface area contributed by atoms with Crippen molar-refractivity contribution in [2.24, 2.45) is 22.5 Å². The maximum atomic E-state index is 12.0. The van der Waals surface area contributed by atoms with Gasteiger partial charge in [0.15, 0.2) is 5.78 Å². The molecule has 3 N–H and O–H groups in total. The average molecular weight is 444 g/mol. The lowest BCUT2D eigenvalue weighted by molar-refractivity contribution is -0.128. The van der Waals surface area contributed by atoms with E-state index in [2.05, 4.69) is 34.1 Å². The number of rotatable bonds is 1. The van der Waals surface area contributed by atoms with Crippen molar-refractivity contribution in [1.29, 1.82) is 0 Å². The van der Waals surface area contributed by atoms with Crippen molar-refractivity contribution in [3.05, 3.63) is 33.8 Å². The molecule has 2 bridgehead atoms. The van der Waals surface area contributed by atoms with Gasteiger partial charge in [0, 0.05) is 15.9 Å². The predicted octanol–water partition coefficient (Wildman–Crippen LogP) is 3.14. The number of halogens is 1. The Balaban J connectivity index is 0.000000158. The third-order valence-electron chi connectivity index (χ3n) is 6.93. The maximum Gasteiger partial charge on any atom is 0.275 e. The molecule has 1 aromatic rings. The summed E-state index contributed by atoms with van der Waals surface area (Å²) in [7, 11) is -4.24. The summed E-state index contributed by atoms with van der Waals surface area (Å²) < 4.78 is 32.7. The van der Waals surface area contributed by atoms with Crippen LogP contribution in [0.2, 0.25) is 0 Å². The summed E-state index contributed by atoms with van der Waals surface area (Å²) in [5.74, 6) is -0.531. The third-order valence-corrected chi connectivity index (χ3v) is 8.60. The van der Waals surface area contributed by atoms with E-state index in [4.69, 9.17) is 10.3 Å². The molecule has 4 atom stereocenters. The van der Waals surface area contributed by atoms with Crippen LogP contribution >= 0.6 is 15.9 Å². The summed E-state index contributed by atoms with van der Waals surface area (Å²) in [6.45, 7) is 5.67. The summed E-state index contributed by atoms with van der Waals surface area (Å²) >= 11 is 3.44. The first-order chi connectivity index (χ1) is 11.9. The molecule has 5 nitrogen and oxygen atoms in total. The van der Waals surface area contributed by atoms with Crippen LogP contribution in [0.5, 0.6) is 0 Å². The number of fused-ring (bicyclic) bond motifs is 3. The SMILES string of the molecule is CC12CCC(C(S(=O)(=O)O)C1=O)C2(C)C.N[C@H]1Cc2ccc(Br)cc2C1. The molecule has 0 radical (unpaired) electrons. The van der Waals surface area contributed by atoms with E-state index < -0.39 is 20.8 Å². The van der Waals surface area contributed by atoms with E-state index in [9.17, 15) is 13.2 Å². The van der Waals surface area contributed by atoms with Crippen molar-refractivity contribution < 1.29 is 17.8 Å². The Labute approximate surface area is 163 Å². The van der Waals surface area contributed by atoms with Crippen LogP contribution in [0.25, 0.3) is 0 Å². The molecule has 0 heterocycles. The van der Waals surface area contributed by atoms with Crippen molar-refractivity contribution in [1.82, 2.24) is 0 Å². The van der Waals surface area contributed by atoms with Gasteiger partial charge in [0.25, 0.3) is 10.1 Å². The van der Waals surface area contributed by atoms with E-state index in [0.29, 0.717) is 12.5 Å². The molecule has 2 saturated carbocycles. The number of carbonyl (C=O) groups is 1. The van der Waals surface area contributed by atoms with E-state index in [1.54, 1.807) is 0 Å². The van der Waals surface area contributed by atoms with Gasteiger partial charge in [-0.25, -0.2) is 0 Å². The number of ketones is 1. The minimum absolute atomic E-state index is 0.231. The zero-order chi connectivity index (χ0) is 19.5. The third kappa shape index (κ3) is 3.07. The molecule has 0 aromatic heterocycles. The van der Waals surface area contributed by atoms with Gasteiger partial charge in [0.1, 0.15) is 5.25 Å². The highest BCUT2D eigenvalue weighted by atomic mass is 79.9. The van der Waals surface area contributed by atoms with E-state index in [0.717, 1.165) is 23.7 Å². The molecule has 0 amide bonds. The van der Waals surface area contributed by atoms with E-state index >= 15 is 0 Å². The zero-order valence-electron chi connectivity index (χ0n) is 15.3. The number of Topliss-reactive ketones (excluding diaryl/α,β-unsaturated/α-hetero) is 1. The molecule has 1 aromatic carbocycles. The zero-order valence-corrected chi connectivity index (χ0v) is 17.7. The summed E-state index contributed by atoms with van der Waals surface area (Å²) in [5.41, 5.74) is 7.73. The molecule has 0 spiro atoms. The van der Waals surface area contributed by atoms with Crippen molar-refractivity contribution in [2.75, 3.05) is 0 Å². The number of hydrogen-bond donors (Lipinski definition) is 2. The molecule has 0 aliphatic heterocycles. The Kier molecular flexibility index (Phi) is 4.92. The van der Waals surface area contributed by atoms with Crippen LogP contribution < -0.4 is 5.73 Å². The topological polar surface area (TPSA) is 97.5 Å². The Morgan fingerprint density at radius 3 is 2.31 bits per heavy atom. The van der Waals surface area contributed by atoms with Crippen LogP contribution in [0.1, 0.15) is 44.7 Å². The highest BCUT2D eigenvalue weighted by Crippen LogP contribution is 2.64. The maximum absolute atomic E-state index is 12.0. The molecule has 0 saturated heterocycles. The van der Waals surface area contributed by atoms with E-state index in [1.807, 2.05) is 20.8 Å². The summed E-state index contributed by atoms with van der Waals surface area (Å²) in [5, 5.41) is -1.19. The molecular weight excluding hydrogens is 418 g/mol. The second-order valence-corrected chi connectivity index (χ2v) is 11.0. The number of nitrogens with two attached hydrogens (primary N) is 1. The van der Waals surface area contributed by atoms with Gasteiger partial charge in [0.2, 0.25) is 0 Å². The van der Waals surface area contributed by atoms with Crippen LogP contribution in [0.4, 0.5) is 0 Å². The van der Waals surface area contributed by atoms with Crippen molar-refractivity contribution in [3.8, 4) is 0 Å². The first-order valence-corrected chi connectivity index (χ1v) is 11.2. The van der Waals surface area contributed by atoms with Gasteiger partial charge in [-0.1, -0.05) is 42.8 Å². The van der Waals surface area contributed by atoms with E-state index in [1.165, 1.54) is 11.1 Å². The van der Waals surface area contributed by atoms with Crippen molar-refractivity contribution >= 4 is 31.8 Å². The Bertz CT molecular complexity index is 851. The summed E-state index contributed by atoms with van der Waals surface area (Å²) in [6.07, 6.45) is 3.52. The molecule has 2 fully saturated rings. The van der Waals surface area contributed by atoms with Gasteiger partial charge in [-0.15, -0.1) is 0 Å². The fraction of sp³-hybridized carbons (Fsp3) is 0.632. The summed E-state index contributed by atoms with van der Waals surface area (Å²) in [6, 6.07) is 6.75. The number of carbonyl (C=O) groups excluding carboxylic acids is 1. The van der Waals surface area contributed by atoms with Gasteiger partial charge in [0.05, 0.1) is 0 Å². The minimum atomic E-state index is -4.24. The van der Waals surface area contributed by atoms with Gasteiger partial charge < -0.3 is 5.73 Å². The van der Waals surface area contributed by atoms with Crippen molar-refractivity contribution in [3.63, 3.8) is 0 Å². The quantitative estimate of drug-likeness (QED) is 0.649. The lowest BCUT2D eigenvalue weighted by atomic mass is 9.70. The van der Waals surface area contributed by atoms with E-state index in [-0.39, 0.29) is 17.1 Å². The largest absolute Gasteiger partial charge is 0.327 e. The highest BCUT2D eigenvalue weighted by Gasteiger charge is 2.69. The molecule has 26 heavy (non-hydrogen) atoms. The van der Waals surface area contributed by atoms with Gasteiger partial charge >= 0.3 is 0 Å². The molecule has 7 heteroatoms. The first-order valence-electron chi connectivity index (χ1n) is 8.91.